The number of alkyl halides is 1. The van der Waals surface area contributed by atoms with Gasteiger partial charge in [0.25, 0.3) is 0 Å². The lowest BCUT2D eigenvalue weighted by atomic mass is 9.85. The Morgan fingerprint density at radius 3 is 2.63 bits per heavy atom. The van der Waals surface area contributed by atoms with E-state index in [-0.39, 0.29) is 23.8 Å². The fourth-order valence-electron chi connectivity index (χ4n) is 3.90. The van der Waals surface area contributed by atoms with Gasteiger partial charge in [-0.1, -0.05) is 41.7 Å². The van der Waals surface area contributed by atoms with E-state index in [0.717, 1.165) is 43.0 Å². The van der Waals surface area contributed by atoms with E-state index < -0.39 is 5.41 Å². The summed E-state index contributed by atoms with van der Waals surface area (Å²) in [4.78, 5) is 11.9. The van der Waals surface area contributed by atoms with Gasteiger partial charge in [0.2, 0.25) is 0 Å². The van der Waals surface area contributed by atoms with E-state index in [1.807, 2.05) is 20.8 Å². The highest BCUT2D eigenvalue weighted by Crippen LogP contribution is 2.45. The summed E-state index contributed by atoms with van der Waals surface area (Å²) >= 11 is 2.45. The van der Waals surface area contributed by atoms with E-state index in [0.29, 0.717) is 18.6 Å². The number of allylic oxidation sites excluding steroid dienone is 1. The van der Waals surface area contributed by atoms with Crippen LogP contribution in [0.5, 0.6) is 0 Å². The smallest absolute Gasteiger partial charge is 0.311 e. The maximum Gasteiger partial charge on any atom is 0.311 e. The number of carbonyl (C=O) groups is 1. The number of hydrogen-bond donors (Lipinski definition) is 0. The molecule has 0 aromatic heterocycles. The topological polar surface area (TPSA) is 44.8 Å². The quantitative estimate of drug-likeness (QED) is 0.148. The Bertz CT molecular complexity index is 527. The molecule has 156 valence electrons. The molecule has 0 saturated carbocycles. The highest BCUT2D eigenvalue weighted by Gasteiger charge is 2.52. The molecule has 0 aliphatic carbocycles. The minimum atomic E-state index is -0.437. The number of halogens is 1. The second-order valence-electron chi connectivity index (χ2n) is 9.48. The lowest BCUT2D eigenvalue weighted by molar-refractivity contribution is -0.156. The summed E-state index contributed by atoms with van der Waals surface area (Å²) in [6.07, 6.45) is 6.61. The van der Waals surface area contributed by atoms with Crippen LogP contribution in [0.2, 0.25) is 0 Å². The lowest BCUT2D eigenvalue weighted by Gasteiger charge is -2.42. The molecule has 2 heterocycles. The summed E-state index contributed by atoms with van der Waals surface area (Å²) in [6, 6.07) is 0. The average Bonchev–Trinajstić information content (AvgIpc) is 2.95. The Kier molecular flexibility index (Phi) is 8.20. The van der Waals surface area contributed by atoms with E-state index in [4.69, 9.17) is 14.2 Å². The first-order valence-electron chi connectivity index (χ1n) is 10.3. The summed E-state index contributed by atoms with van der Waals surface area (Å²) < 4.78 is 19.3. The molecule has 0 unspecified atom stereocenters. The van der Waals surface area contributed by atoms with Crippen LogP contribution in [0.4, 0.5) is 0 Å². The third kappa shape index (κ3) is 6.17. The van der Waals surface area contributed by atoms with Crippen LogP contribution in [0.15, 0.2) is 12.2 Å². The first-order chi connectivity index (χ1) is 12.6. The number of ether oxygens (including phenoxy) is 3. The van der Waals surface area contributed by atoms with Gasteiger partial charge in [0, 0.05) is 10.8 Å². The molecule has 0 spiro atoms. The van der Waals surface area contributed by atoms with Crippen molar-refractivity contribution in [2.45, 2.75) is 97.1 Å². The SMILES string of the molecule is C=C(C)[C@H](C)C[C@H]1CC[C@@H]2O[C@@H](CCCOC(=O)C(C)(C)C)C[C@]2(CI)O1. The van der Waals surface area contributed by atoms with Crippen LogP contribution >= 0.6 is 22.6 Å². The zero-order valence-electron chi connectivity index (χ0n) is 17.7. The van der Waals surface area contributed by atoms with Crippen LogP contribution < -0.4 is 0 Å². The average molecular weight is 492 g/mol. The van der Waals surface area contributed by atoms with Gasteiger partial charge in [-0.2, -0.15) is 0 Å². The molecule has 0 amide bonds. The lowest BCUT2D eigenvalue weighted by Crippen LogP contribution is -2.50. The highest BCUT2D eigenvalue weighted by atomic mass is 127. The minimum Gasteiger partial charge on any atom is -0.465 e. The van der Waals surface area contributed by atoms with Crippen LogP contribution in [0.3, 0.4) is 0 Å². The molecule has 5 heteroatoms. The van der Waals surface area contributed by atoms with Crippen molar-refractivity contribution < 1.29 is 19.0 Å². The maximum absolute atomic E-state index is 11.9. The van der Waals surface area contributed by atoms with Gasteiger partial charge in [-0.3, -0.25) is 4.79 Å². The van der Waals surface area contributed by atoms with Crippen molar-refractivity contribution in [3.8, 4) is 0 Å². The zero-order chi connectivity index (χ0) is 20.2. The van der Waals surface area contributed by atoms with Crippen molar-refractivity contribution in [1.82, 2.24) is 0 Å². The number of fused-ring (bicyclic) bond motifs is 1. The fraction of sp³-hybridized carbons (Fsp3) is 0.864. The Morgan fingerprint density at radius 2 is 2.04 bits per heavy atom. The van der Waals surface area contributed by atoms with Gasteiger partial charge in [-0.25, -0.2) is 0 Å². The molecule has 2 aliphatic rings. The van der Waals surface area contributed by atoms with Gasteiger partial charge in [-0.15, -0.1) is 0 Å². The molecule has 27 heavy (non-hydrogen) atoms. The molecule has 5 atom stereocenters. The van der Waals surface area contributed by atoms with Gasteiger partial charge in [0.1, 0.15) is 5.60 Å². The summed E-state index contributed by atoms with van der Waals surface area (Å²) in [6.45, 7) is 14.5. The first-order valence-corrected chi connectivity index (χ1v) is 11.8. The predicted octanol–water partition coefficient (Wildman–Crippen LogP) is 5.47. The molecule has 0 aromatic carbocycles. The van der Waals surface area contributed by atoms with Crippen molar-refractivity contribution in [1.29, 1.82) is 0 Å². The Balaban J connectivity index is 1.82. The molecule has 0 bridgehead atoms. The van der Waals surface area contributed by atoms with E-state index in [1.165, 1.54) is 5.57 Å². The predicted molar refractivity (Wildman–Crippen MR) is 117 cm³/mol. The van der Waals surface area contributed by atoms with Gasteiger partial charge in [0.05, 0.1) is 30.3 Å². The van der Waals surface area contributed by atoms with Gasteiger partial charge in [0.15, 0.2) is 0 Å². The monoisotopic (exact) mass is 492 g/mol. The number of hydrogen-bond acceptors (Lipinski definition) is 4. The molecule has 0 radical (unpaired) electrons. The van der Waals surface area contributed by atoms with Gasteiger partial charge >= 0.3 is 5.97 Å². The van der Waals surface area contributed by atoms with Crippen molar-refractivity contribution in [3.05, 3.63) is 12.2 Å². The Morgan fingerprint density at radius 1 is 1.33 bits per heavy atom. The van der Waals surface area contributed by atoms with Crippen molar-refractivity contribution in [2.75, 3.05) is 11.0 Å². The van der Waals surface area contributed by atoms with Crippen LogP contribution in [-0.4, -0.2) is 40.9 Å². The molecule has 2 aliphatic heterocycles. The van der Waals surface area contributed by atoms with E-state index >= 15 is 0 Å². The molecular formula is C22H37IO4. The number of esters is 1. The highest BCUT2D eigenvalue weighted by molar-refractivity contribution is 14.1. The third-order valence-corrected chi connectivity index (χ3v) is 7.16. The van der Waals surface area contributed by atoms with Crippen LogP contribution in [0, 0.1) is 11.3 Å². The summed E-state index contributed by atoms with van der Waals surface area (Å²) in [5.41, 5.74) is 0.647. The standard InChI is InChI=1S/C22H37IO4/c1-15(2)16(3)12-17-9-10-19-22(14-23,27-17)13-18(26-19)8-7-11-25-20(24)21(4,5)6/h16-19H,1,7-14H2,2-6H3/t16-,17-,18+,19+,22-/m1/s1. The largest absolute Gasteiger partial charge is 0.465 e. The van der Waals surface area contributed by atoms with Gasteiger partial charge < -0.3 is 14.2 Å². The summed E-state index contributed by atoms with van der Waals surface area (Å²) in [5.74, 6) is 0.360. The first kappa shape index (κ1) is 23.1. The van der Waals surface area contributed by atoms with E-state index in [2.05, 4.69) is 43.0 Å². The Labute approximate surface area is 178 Å². The maximum atomic E-state index is 11.9. The van der Waals surface area contributed by atoms with Crippen LogP contribution in [0.1, 0.15) is 73.1 Å². The second kappa shape index (κ2) is 9.57. The van der Waals surface area contributed by atoms with Crippen molar-refractivity contribution in [2.24, 2.45) is 11.3 Å². The molecule has 4 nitrogen and oxygen atoms in total. The minimum absolute atomic E-state index is 0.134. The molecule has 2 fully saturated rings. The Hall–Kier alpha value is -0.140. The van der Waals surface area contributed by atoms with Crippen molar-refractivity contribution >= 4 is 28.6 Å². The molecular weight excluding hydrogens is 455 g/mol. The fourth-order valence-corrected chi connectivity index (χ4v) is 4.88. The second-order valence-corrected chi connectivity index (χ2v) is 10.2. The molecule has 0 aromatic rings. The molecule has 2 saturated heterocycles. The van der Waals surface area contributed by atoms with Gasteiger partial charge in [-0.05, 0) is 65.7 Å². The van der Waals surface area contributed by atoms with E-state index in [9.17, 15) is 4.79 Å². The summed E-state index contributed by atoms with van der Waals surface area (Å²) in [5, 5.41) is 0. The third-order valence-electron chi connectivity index (χ3n) is 5.87. The van der Waals surface area contributed by atoms with Crippen molar-refractivity contribution in [3.63, 3.8) is 0 Å². The van der Waals surface area contributed by atoms with Crippen LogP contribution in [0.25, 0.3) is 0 Å². The normalized spacial score (nSPS) is 32.0. The molecule has 2 rings (SSSR count). The number of carbonyl (C=O) groups excluding carboxylic acids is 1. The molecule has 0 N–H and O–H groups in total. The summed E-state index contributed by atoms with van der Waals surface area (Å²) in [7, 11) is 0. The van der Waals surface area contributed by atoms with E-state index in [1.54, 1.807) is 0 Å². The zero-order valence-corrected chi connectivity index (χ0v) is 19.8. The van der Waals surface area contributed by atoms with Crippen LogP contribution in [-0.2, 0) is 19.0 Å². The number of rotatable bonds is 8.